The molecule has 1 aromatic heterocycles. The van der Waals surface area contributed by atoms with Gasteiger partial charge in [0.25, 0.3) is 10.1 Å². The molecule has 0 atom stereocenters. The molecule has 7 heteroatoms. The molecule has 0 amide bonds. The van der Waals surface area contributed by atoms with Gasteiger partial charge < -0.3 is 9.47 Å². The van der Waals surface area contributed by atoms with E-state index in [1.807, 2.05) is 45.0 Å². The Morgan fingerprint density at radius 1 is 1.12 bits per heavy atom. The maximum atomic E-state index is 11.2. The summed E-state index contributed by atoms with van der Waals surface area (Å²) in [4.78, 5) is 4.34. The first-order valence-electron chi connectivity index (χ1n) is 7.87. The molecule has 1 aromatic carbocycles. The Morgan fingerprint density at radius 3 is 2.44 bits per heavy atom. The highest BCUT2D eigenvalue weighted by Gasteiger charge is 2.14. The van der Waals surface area contributed by atoms with E-state index < -0.39 is 10.1 Å². The highest BCUT2D eigenvalue weighted by atomic mass is 32.2. The van der Waals surface area contributed by atoms with Crippen LogP contribution in [0.5, 0.6) is 11.5 Å². The summed E-state index contributed by atoms with van der Waals surface area (Å²) in [5, 5.41) is 0. The quantitative estimate of drug-likeness (QED) is 0.701. The van der Waals surface area contributed by atoms with Gasteiger partial charge in [-0.3, -0.25) is 9.17 Å². The average molecular weight is 365 g/mol. The van der Waals surface area contributed by atoms with E-state index in [1.165, 1.54) is 0 Å². The summed E-state index contributed by atoms with van der Waals surface area (Å²) in [6.45, 7) is 6.22. The van der Waals surface area contributed by atoms with E-state index in [2.05, 4.69) is 4.98 Å². The standard InChI is InChI=1S/C18H23NO5S/c1-6-23-16-7-12(2)18(17(10-16)22-4)14-8-13(3)19-15(9-14)11-24-25(5,20)21/h7-10H,6,11H2,1-5H3. The first kappa shape index (κ1) is 19.2. The highest BCUT2D eigenvalue weighted by Crippen LogP contribution is 2.37. The molecule has 0 aliphatic heterocycles. The Balaban J connectivity index is 2.49. The molecule has 0 spiro atoms. The van der Waals surface area contributed by atoms with Crippen LogP contribution in [0.25, 0.3) is 11.1 Å². The van der Waals surface area contributed by atoms with Gasteiger partial charge in [0, 0.05) is 17.3 Å². The van der Waals surface area contributed by atoms with Crippen molar-refractivity contribution in [3.8, 4) is 22.6 Å². The van der Waals surface area contributed by atoms with Crippen molar-refractivity contribution in [2.24, 2.45) is 0 Å². The van der Waals surface area contributed by atoms with Crippen LogP contribution in [0.1, 0.15) is 23.9 Å². The monoisotopic (exact) mass is 365 g/mol. The Labute approximate surface area is 148 Å². The van der Waals surface area contributed by atoms with Crippen LogP contribution in [0.4, 0.5) is 0 Å². The van der Waals surface area contributed by atoms with E-state index in [9.17, 15) is 8.42 Å². The molecule has 0 saturated carbocycles. The van der Waals surface area contributed by atoms with Crippen molar-refractivity contribution >= 4 is 10.1 Å². The summed E-state index contributed by atoms with van der Waals surface area (Å²) < 4.78 is 38.4. The molecule has 6 nitrogen and oxygen atoms in total. The van der Waals surface area contributed by atoms with E-state index in [4.69, 9.17) is 13.7 Å². The Hall–Kier alpha value is -2.12. The number of aryl methyl sites for hydroxylation is 2. The molecule has 0 unspecified atom stereocenters. The third-order valence-corrected chi connectivity index (χ3v) is 4.07. The summed E-state index contributed by atoms with van der Waals surface area (Å²) in [5.74, 6) is 1.43. The van der Waals surface area contributed by atoms with Crippen LogP contribution in [0.15, 0.2) is 24.3 Å². The molecule has 0 aliphatic rings. The number of benzene rings is 1. The molecular formula is C18H23NO5S. The molecule has 2 rings (SSSR count). The zero-order valence-corrected chi connectivity index (χ0v) is 15.9. The smallest absolute Gasteiger partial charge is 0.264 e. The van der Waals surface area contributed by atoms with E-state index in [0.717, 1.165) is 34.4 Å². The van der Waals surface area contributed by atoms with Gasteiger partial charge in [-0.05, 0) is 50.1 Å². The number of rotatable bonds is 7. The second kappa shape index (κ2) is 7.84. The van der Waals surface area contributed by atoms with Crippen LogP contribution in [0.2, 0.25) is 0 Å². The topological polar surface area (TPSA) is 74.7 Å². The highest BCUT2D eigenvalue weighted by molar-refractivity contribution is 7.85. The van der Waals surface area contributed by atoms with Gasteiger partial charge >= 0.3 is 0 Å². The number of pyridine rings is 1. The van der Waals surface area contributed by atoms with E-state index in [1.54, 1.807) is 7.11 Å². The van der Waals surface area contributed by atoms with E-state index in [-0.39, 0.29) is 6.61 Å². The van der Waals surface area contributed by atoms with Crippen LogP contribution in [0, 0.1) is 13.8 Å². The maximum Gasteiger partial charge on any atom is 0.264 e. The van der Waals surface area contributed by atoms with Crippen molar-refractivity contribution in [2.45, 2.75) is 27.4 Å². The molecule has 0 saturated heterocycles. The Morgan fingerprint density at radius 2 is 1.84 bits per heavy atom. The summed E-state index contributed by atoms with van der Waals surface area (Å²) in [5.41, 5.74) is 4.09. The van der Waals surface area contributed by atoms with Gasteiger partial charge in [0.15, 0.2) is 0 Å². The molecule has 1 heterocycles. The molecule has 136 valence electrons. The van der Waals surface area contributed by atoms with Crippen LogP contribution in [-0.4, -0.2) is 33.4 Å². The summed E-state index contributed by atoms with van der Waals surface area (Å²) >= 11 is 0. The minimum atomic E-state index is -3.53. The SMILES string of the molecule is CCOc1cc(C)c(-c2cc(C)nc(COS(C)(=O)=O)c2)c(OC)c1. The number of methoxy groups -OCH3 is 1. The Bertz CT molecular complexity index is 862. The van der Waals surface area contributed by atoms with Gasteiger partial charge in [-0.25, -0.2) is 0 Å². The molecule has 2 aromatic rings. The number of aromatic nitrogens is 1. The van der Waals surface area contributed by atoms with Crippen molar-refractivity contribution in [1.82, 2.24) is 4.98 Å². The number of hydrogen-bond acceptors (Lipinski definition) is 6. The molecule has 0 bridgehead atoms. The normalized spacial score (nSPS) is 11.4. The van der Waals surface area contributed by atoms with Crippen LogP contribution >= 0.6 is 0 Å². The second-order valence-electron chi connectivity index (χ2n) is 5.71. The maximum absolute atomic E-state index is 11.2. The number of ether oxygens (including phenoxy) is 2. The Kier molecular flexibility index (Phi) is 6.02. The largest absolute Gasteiger partial charge is 0.496 e. The molecule has 0 aliphatic carbocycles. The van der Waals surface area contributed by atoms with E-state index in [0.29, 0.717) is 18.1 Å². The van der Waals surface area contributed by atoms with Crippen LogP contribution < -0.4 is 9.47 Å². The predicted octanol–water partition coefficient (Wildman–Crippen LogP) is 3.25. The fourth-order valence-electron chi connectivity index (χ4n) is 2.63. The summed E-state index contributed by atoms with van der Waals surface area (Å²) in [7, 11) is -1.92. The number of hydrogen-bond donors (Lipinski definition) is 0. The van der Waals surface area contributed by atoms with Crippen molar-refractivity contribution < 1.29 is 22.1 Å². The van der Waals surface area contributed by atoms with Gasteiger partial charge in [0.05, 0.1) is 25.7 Å². The molecule has 25 heavy (non-hydrogen) atoms. The lowest BCUT2D eigenvalue weighted by molar-refractivity contribution is 0.307. The zero-order chi connectivity index (χ0) is 18.6. The third kappa shape index (κ3) is 5.17. The van der Waals surface area contributed by atoms with Crippen molar-refractivity contribution in [2.75, 3.05) is 20.0 Å². The van der Waals surface area contributed by atoms with Gasteiger partial charge in [0.2, 0.25) is 0 Å². The second-order valence-corrected chi connectivity index (χ2v) is 7.35. The first-order chi connectivity index (χ1) is 11.7. The van der Waals surface area contributed by atoms with Gasteiger partial charge in [0.1, 0.15) is 18.1 Å². The lowest BCUT2D eigenvalue weighted by atomic mass is 9.98. The summed E-state index contributed by atoms with van der Waals surface area (Å²) in [6, 6.07) is 7.52. The lowest BCUT2D eigenvalue weighted by Crippen LogP contribution is -2.05. The van der Waals surface area contributed by atoms with Crippen molar-refractivity contribution in [3.63, 3.8) is 0 Å². The van der Waals surface area contributed by atoms with Crippen molar-refractivity contribution in [3.05, 3.63) is 41.2 Å². The van der Waals surface area contributed by atoms with Crippen LogP contribution in [-0.2, 0) is 20.9 Å². The minimum absolute atomic E-state index is 0.105. The number of nitrogens with zero attached hydrogens (tertiary/aromatic N) is 1. The fourth-order valence-corrected chi connectivity index (χ4v) is 2.96. The van der Waals surface area contributed by atoms with Gasteiger partial charge in [-0.15, -0.1) is 0 Å². The molecule has 0 N–H and O–H groups in total. The first-order valence-corrected chi connectivity index (χ1v) is 9.69. The molecule has 0 fully saturated rings. The van der Waals surface area contributed by atoms with Crippen molar-refractivity contribution in [1.29, 1.82) is 0 Å². The molecular weight excluding hydrogens is 342 g/mol. The zero-order valence-electron chi connectivity index (χ0n) is 15.1. The summed E-state index contributed by atoms with van der Waals surface area (Å²) in [6.07, 6.45) is 1.02. The molecule has 0 radical (unpaired) electrons. The van der Waals surface area contributed by atoms with Crippen LogP contribution in [0.3, 0.4) is 0 Å². The average Bonchev–Trinajstić information content (AvgIpc) is 2.51. The van der Waals surface area contributed by atoms with Gasteiger partial charge in [-0.1, -0.05) is 0 Å². The predicted molar refractivity (Wildman–Crippen MR) is 96.5 cm³/mol. The minimum Gasteiger partial charge on any atom is -0.496 e. The third-order valence-electron chi connectivity index (χ3n) is 3.52. The van der Waals surface area contributed by atoms with E-state index >= 15 is 0 Å². The lowest BCUT2D eigenvalue weighted by Gasteiger charge is -2.16. The van der Waals surface area contributed by atoms with Gasteiger partial charge in [-0.2, -0.15) is 8.42 Å². The fraction of sp³-hybridized carbons (Fsp3) is 0.389.